The Morgan fingerprint density at radius 3 is 2.88 bits per heavy atom. The average molecular weight is 228 g/mol. The van der Waals surface area contributed by atoms with E-state index in [2.05, 4.69) is 4.98 Å². The van der Waals surface area contributed by atoms with Gasteiger partial charge < -0.3 is 10.3 Å². The van der Waals surface area contributed by atoms with Crippen molar-refractivity contribution in [2.24, 2.45) is 5.73 Å². The van der Waals surface area contributed by atoms with Crippen molar-refractivity contribution in [1.82, 2.24) is 14.0 Å². The van der Waals surface area contributed by atoms with Crippen molar-refractivity contribution in [1.29, 1.82) is 0 Å². The van der Waals surface area contributed by atoms with Crippen LogP contribution in [0.2, 0.25) is 0 Å². The van der Waals surface area contributed by atoms with Gasteiger partial charge >= 0.3 is 0 Å². The first-order chi connectivity index (χ1) is 8.33. The van der Waals surface area contributed by atoms with Gasteiger partial charge in [-0.15, -0.1) is 0 Å². The Hall–Kier alpha value is -2.14. The van der Waals surface area contributed by atoms with E-state index >= 15 is 0 Å². The summed E-state index contributed by atoms with van der Waals surface area (Å²) in [4.78, 5) is 16.6. The lowest BCUT2D eigenvalue weighted by Gasteiger charge is -2.10. The number of pyridine rings is 1. The molecule has 0 aromatic carbocycles. The highest BCUT2D eigenvalue weighted by Crippen LogP contribution is 2.11. The zero-order valence-electron chi connectivity index (χ0n) is 9.21. The summed E-state index contributed by atoms with van der Waals surface area (Å²) in [5.74, 6) is 0. The maximum atomic E-state index is 12.3. The van der Waals surface area contributed by atoms with Crippen molar-refractivity contribution in [2.75, 3.05) is 6.54 Å². The maximum Gasteiger partial charge on any atom is 0.275 e. The van der Waals surface area contributed by atoms with Crippen molar-refractivity contribution < 1.29 is 0 Å². The highest BCUT2D eigenvalue weighted by molar-refractivity contribution is 5.74. The first kappa shape index (κ1) is 10.0. The van der Waals surface area contributed by atoms with E-state index in [9.17, 15) is 4.79 Å². The summed E-state index contributed by atoms with van der Waals surface area (Å²) >= 11 is 0. The average Bonchev–Trinajstić information content (AvgIpc) is 2.84. The fraction of sp³-hybridized carbons (Fsp3) is 0.167. The number of hydrogen-bond donors (Lipinski definition) is 1. The van der Waals surface area contributed by atoms with Gasteiger partial charge in [-0.05, 0) is 24.3 Å². The minimum atomic E-state index is -0.0269. The van der Waals surface area contributed by atoms with Gasteiger partial charge in [0.2, 0.25) is 0 Å². The van der Waals surface area contributed by atoms with E-state index in [4.69, 9.17) is 5.73 Å². The lowest BCUT2D eigenvalue weighted by Crippen LogP contribution is -2.26. The molecule has 0 fully saturated rings. The predicted molar refractivity (Wildman–Crippen MR) is 66.0 cm³/mol. The van der Waals surface area contributed by atoms with E-state index in [-0.39, 0.29) is 5.56 Å². The van der Waals surface area contributed by atoms with Crippen LogP contribution in [0.15, 0.2) is 41.5 Å². The molecule has 0 unspecified atom stereocenters. The molecule has 0 aliphatic carbocycles. The second kappa shape index (κ2) is 3.71. The van der Waals surface area contributed by atoms with Crippen molar-refractivity contribution in [3.63, 3.8) is 0 Å². The summed E-state index contributed by atoms with van der Waals surface area (Å²) in [7, 11) is 0. The fourth-order valence-electron chi connectivity index (χ4n) is 2.12. The number of nitrogens with two attached hydrogens (primary N) is 1. The Bertz CT molecular complexity index is 741. The Balaban J connectivity index is 2.57. The summed E-state index contributed by atoms with van der Waals surface area (Å²) in [6, 6.07) is 7.35. The van der Waals surface area contributed by atoms with Gasteiger partial charge in [0, 0.05) is 25.5 Å². The lowest BCUT2D eigenvalue weighted by atomic mass is 10.3. The highest BCUT2D eigenvalue weighted by atomic mass is 16.1. The molecule has 0 spiro atoms. The molecule has 0 saturated heterocycles. The SMILES string of the molecule is NCCn1c(=O)c2cccn2c2ncccc21. The van der Waals surface area contributed by atoms with Gasteiger partial charge in [0.25, 0.3) is 5.56 Å². The van der Waals surface area contributed by atoms with Gasteiger partial charge in [0.15, 0.2) is 5.65 Å². The quantitative estimate of drug-likeness (QED) is 0.698. The third-order valence-corrected chi connectivity index (χ3v) is 2.85. The van der Waals surface area contributed by atoms with E-state index < -0.39 is 0 Å². The molecule has 3 rings (SSSR count). The molecule has 0 saturated carbocycles. The number of rotatable bonds is 2. The number of nitrogens with zero attached hydrogens (tertiary/aromatic N) is 3. The largest absolute Gasteiger partial charge is 0.329 e. The molecule has 0 aliphatic rings. The third-order valence-electron chi connectivity index (χ3n) is 2.85. The van der Waals surface area contributed by atoms with Crippen LogP contribution in [-0.2, 0) is 6.54 Å². The Morgan fingerprint density at radius 2 is 2.06 bits per heavy atom. The Kier molecular flexibility index (Phi) is 2.19. The molecule has 0 radical (unpaired) electrons. The number of aromatic nitrogens is 3. The summed E-state index contributed by atoms with van der Waals surface area (Å²) in [6.07, 6.45) is 3.57. The number of hydrogen-bond acceptors (Lipinski definition) is 3. The van der Waals surface area contributed by atoms with Gasteiger partial charge in [-0.2, -0.15) is 0 Å². The van der Waals surface area contributed by atoms with Gasteiger partial charge in [-0.1, -0.05) is 0 Å². The lowest BCUT2D eigenvalue weighted by molar-refractivity contribution is 0.706. The molecule has 2 N–H and O–H groups in total. The highest BCUT2D eigenvalue weighted by Gasteiger charge is 2.09. The van der Waals surface area contributed by atoms with E-state index in [0.29, 0.717) is 18.6 Å². The molecule has 0 aliphatic heterocycles. The van der Waals surface area contributed by atoms with Crippen LogP contribution in [-0.4, -0.2) is 20.5 Å². The van der Waals surface area contributed by atoms with Gasteiger partial charge in [-0.25, -0.2) is 4.98 Å². The predicted octanol–water partition coefficient (Wildman–Crippen LogP) is 0.608. The molecule has 3 aromatic rings. The van der Waals surface area contributed by atoms with Crippen LogP contribution in [0.3, 0.4) is 0 Å². The van der Waals surface area contributed by atoms with Crippen molar-refractivity contribution in [3.05, 3.63) is 47.0 Å². The molecule has 3 aromatic heterocycles. The Morgan fingerprint density at radius 1 is 1.24 bits per heavy atom. The van der Waals surface area contributed by atoms with Crippen LogP contribution < -0.4 is 11.3 Å². The summed E-state index contributed by atoms with van der Waals surface area (Å²) < 4.78 is 3.49. The van der Waals surface area contributed by atoms with E-state index in [1.54, 1.807) is 16.8 Å². The topological polar surface area (TPSA) is 65.3 Å². The zero-order valence-corrected chi connectivity index (χ0v) is 9.21. The van der Waals surface area contributed by atoms with Crippen LogP contribution >= 0.6 is 0 Å². The van der Waals surface area contributed by atoms with Gasteiger partial charge in [-0.3, -0.25) is 9.20 Å². The first-order valence-electron chi connectivity index (χ1n) is 5.47. The second-order valence-corrected chi connectivity index (χ2v) is 3.86. The van der Waals surface area contributed by atoms with Crippen LogP contribution in [0.25, 0.3) is 16.7 Å². The van der Waals surface area contributed by atoms with Crippen LogP contribution in [0.1, 0.15) is 0 Å². The minimum absolute atomic E-state index is 0.0269. The van der Waals surface area contributed by atoms with Gasteiger partial charge in [0.05, 0.1) is 5.52 Å². The van der Waals surface area contributed by atoms with E-state index in [1.165, 1.54) is 0 Å². The van der Waals surface area contributed by atoms with E-state index in [0.717, 1.165) is 11.2 Å². The Labute approximate surface area is 97.1 Å². The molecule has 86 valence electrons. The summed E-state index contributed by atoms with van der Waals surface area (Å²) in [5, 5.41) is 0. The van der Waals surface area contributed by atoms with Crippen LogP contribution in [0, 0.1) is 0 Å². The van der Waals surface area contributed by atoms with Crippen molar-refractivity contribution in [3.8, 4) is 0 Å². The summed E-state index contributed by atoms with van der Waals surface area (Å²) in [6.45, 7) is 0.934. The molecular weight excluding hydrogens is 216 g/mol. The molecule has 0 amide bonds. The molecular formula is C12H12N4O. The van der Waals surface area contributed by atoms with Gasteiger partial charge in [0.1, 0.15) is 5.52 Å². The standard InChI is InChI=1S/C12H12N4O/c13-5-8-16-9-3-1-6-14-11(9)15-7-2-4-10(15)12(16)17/h1-4,6-7H,5,8,13H2. The zero-order chi connectivity index (χ0) is 11.8. The van der Waals surface area contributed by atoms with Crippen LogP contribution in [0.4, 0.5) is 0 Å². The fourth-order valence-corrected chi connectivity index (χ4v) is 2.12. The normalized spacial score (nSPS) is 11.4. The molecule has 0 bridgehead atoms. The maximum absolute atomic E-state index is 12.3. The molecule has 17 heavy (non-hydrogen) atoms. The summed E-state index contributed by atoms with van der Waals surface area (Å²) in [5.41, 5.74) is 7.75. The van der Waals surface area contributed by atoms with E-state index in [1.807, 2.05) is 28.8 Å². The minimum Gasteiger partial charge on any atom is -0.329 e. The molecule has 0 atom stereocenters. The second-order valence-electron chi connectivity index (χ2n) is 3.86. The third kappa shape index (κ3) is 1.36. The molecule has 3 heterocycles. The molecule has 5 heteroatoms. The molecule has 5 nitrogen and oxygen atoms in total. The smallest absolute Gasteiger partial charge is 0.275 e. The van der Waals surface area contributed by atoms with Crippen molar-refractivity contribution in [2.45, 2.75) is 6.54 Å². The number of fused-ring (bicyclic) bond motifs is 3. The first-order valence-corrected chi connectivity index (χ1v) is 5.47. The monoisotopic (exact) mass is 228 g/mol. The van der Waals surface area contributed by atoms with Crippen molar-refractivity contribution >= 4 is 16.7 Å². The van der Waals surface area contributed by atoms with Crippen LogP contribution in [0.5, 0.6) is 0 Å².